The minimum Gasteiger partial charge on any atom is -0.355 e. The first-order valence-electron chi connectivity index (χ1n) is 9.91. The molecular formula is C21H29N5O2. The van der Waals surface area contributed by atoms with Crippen LogP contribution in [0.3, 0.4) is 0 Å². The largest absolute Gasteiger partial charge is 0.355 e. The van der Waals surface area contributed by atoms with Crippen LogP contribution in [0.15, 0.2) is 30.3 Å². The predicted molar refractivity (Wildman–Crippen MR) is 108 cm³/mol. The van der Waals surface area contributed by atoms with Crippen molar-refractivity contribution in [2.45, 2.75) is 45.2 Å². The van der Waals surface area contributed by atoms with Gasteiger partial charge in [0.1, 0.15) is 0 Å². The Labute approximate surface area is 165 Å². The number of nitrogens with zero attached hydrogens (tertiary/aromatic N) is 2. The molecule has 1 aliphatic rings. The first-order chi connectivity index (χ1) is 13.6. The van der Waals surface area contributed by atoms with Crippen molar-refractivity contribution < 1.29 is 9.59 Å². The number of aromatic nitrogens is 2. The number of nitrogens with one attached hydrogen (secondary N) is 3. The summed E-state index contributed by atoms with van der Waals surface area (Å²) >= 11 is 0. The summed E-state index contributed by atoms with van der Waals surface area (Å²) in [5.41, 5.74) is 4.03. The predicted octanol–water partition coefficient (Wildman–Crippen LogP) is 1.07. The fourth-order valence-electron chi connectivity index (χ4n) is 3.74. The lowest BCUT2D eigenvalue weighted by molar-refractivity contribution is -0.118. The second-order valence-electron chi connectivity index (χ2n) is 7.19. The maximum atomic E-state index is 12.4. The van der Waals surface area contributed by atoms with Crippen LogP contribution in [0.25, 0.3) is 0 Å². The number of benzene rings is 1. The first-order valence-corrected chi connectivity index (χ1v) is 9.91. The summed E-state index contributed by atoms with van der Waals surface area (Å²) in [6.45, 7) is 3.62. The molecule has 2 amide bonds. The zero-order valence-corrected chi connectivity index (χ0v) is 16.6. The maximum absolute atomic E-state index is 12.4. The van der Waals surface area contributed by atoms with Crippen molar-refractivity contribution in [1.29, 1.82) is 0 Å². The van der Waals surface area contributed by atoms with Gasteiger partial charge in [0.2, 0.25) is 5.91 Å². The Balaban J connectivity index is 1.69. The number of hydrogen-bond acceptors (Lipinski definition) is 4. The molecular weight excluding hydrogens is 354 g/mol. The highest BCUT2D eigenvalue weighted by molar-refractivity contribution is 5.93. The van der Waals surface area contributed by atoms with E-state index < -0.39 is 0 Å². The third kappa shape index (κ3) is 4.98. The molecule has 2 aromatic rings. The second-order valence-corrected chi connectivity index (χ2v) is 7.19. The van der Waals surface area contributed by atoms with Gasteiger partial charge in [0.15, 0.2) is 5.69 Å². The molecule has 7 heteroatoms. The van der Waals surface area contributed by atoms with Crippen molar-refractivity contribution in [2.24, 2.45) is 0 Å². The third-order valence-electron chi connectivity index (χ3n) is 5.18. The Kier molecular flexibility index (Phi) is 6.81. The standard InChI is InChI=1S/C21H29N5O2/c1-15(27)23-11-12-24-17-8-9-19-18(14-17)20(21(28)22-2)25-26(19)13-10-16-6-4-3-5-7-16/h3-7,17,24H,8-14H2,1-2H3,(H,22,28)(H,23,27). The first kappa shape index (κ1) is 20.1. The van der Waals surface area contributed by atoms with Crippen LogP contribution in [-0.2, 0) is 30.6 Å². The number of carbonyl (C=O) groups excluding carboxylic acids is 2. The lowest BCUT2D eigenvalue weighted by Gasteiger charge is -2.24. The molecule has 1 aliphatic carbocycles. The van der Waals surface area contributed by atoms with Gasteiger partial charge in [-0.25, -0.2) is 0 Å². The van der Waals surface area contributed by atoms with Crippen molar-refractivity contribution >= 4 is 11.8 Å². The van der Waals surface area contributed by atoms with E-state index in [-0.39, 0.29) is 17.9 Å². The van der Waals surface area contributed by atoms with Gasteiger partial charge < -0.3 is 16.0 Å². The Bertz CT molecular complexity index is 816. The summed E-state index contributed by atoms with van der Waals surface area (Å²) in [6.07, 6.45) is 3.56. The summed E-state index contributed by atoms with van der Waals surface area (Å²) in [4.78, 5) is 23.3. The van der Waals surface area contributed by atoms with Crippen LogP contribution in [0, 0.1) is 0 Å². The average molecular weight is 383 g/mol. The van der Waals surface area contributed by atoms with Crippen LogP contribution in [-0.4, -0.2) is 47.8 Å². The van der Waals surface area contributed by atoms with Crippen molar-refractivity contribution in [1.82, 2.24) is 25.7 Å². The molecule has 1 aromatic heterocycles. The molecule has 0 spiro atoms. The summed E-state index contributed by atoms with van der Waals surface area (Å²) < 4.78 is 2.01. The SMILES string of the molecule is CNC(=O)c1nn(CCc2ccccc2)c2c1CC(NCCNC(C)=O)CC2. The maximum Gasteiger partial charge on any atom is 0.271 e. The topological polar surface area (TPSA) is 88.1 Å². The number of hydrogen-bond donors (Lipinski definition) is 3. The summed E-state index contributed by atoms with van der Waals surface area (Å²) in [7, 11) is 1.64. The highest BCUT2D eigenvalue weighted by Gasteiger charge is 2.28. The monoisotopic (exact) mass is 383 g/mol. The molecule has 1 heterocycles. The molecule has 1 atom stereocenters. The molecule has 0 bridgehead atoms. The van der Waals surface area contributed by atoms with Crippen molar-refractivity contribution in [3.05, 3.63) is 52.8 Å². The van der Waals surface area contributed by atoms with E-state index in [2.05, 4.69) is 33.2 Å². The Hall–Kier alpha value is -2.67. The van der Waals surface area contributed by atoms with Crippen LogP contribution < -0.4 is 16.0 Å². The van der Waals surface area contributed by atoms with E-state index in [1.54, 1.807) is 7.05 Å². The van der Waals surface area contributed by atoms with Gasteiger partial charge in [-0.1, -0.05) is 30.3 Å². The van der Waals surface area contributed by atoms with Gasteiger partial charge >= 0.3 is 0 Å². The number of fused-ring (bicyclic) bond motifs is 1. The Morgan fingerprint density at radius 1 is 1.21 bits per heavy atom. The van der Waals surface area contributed by atoms with E-state index in [1.807, 2.05) is 22.9 Å². The highest BCUT2D eigenvalue weighted by Crippen LogP contribution is 2.25. The van der Waals surface area contributed by atoms with Gasteiger partial charge in [-0.05, 0) is 31.2 Å². The van der Waals surface area contributed by atoms with Crippen LogP contribution in [0.1, 0.15) is 40.7 Å². The van der Waals surface area contributed by atoms with E-state index in [9.17, 15) is 9.59 Å². The van der Waals surface area contributed by atoms with E-state index in [1.165, 1.54) is 18.2 Å². The Morgan fingerprint density at radius 3 is 2.71 bits per heavy atom. The van der Waals surface area contributed by atoms with E-state index in [0.717, 1.165) is 44.3 Å². The lowest BCUT2D eigenvalue weighted by Crippen LogP contribution is -2.40. The van der Waals surface area contributed by atoms with Crippen molar-refractivity contribution in [3.8, 4) is 0 Å². The molecule has 3 rings (SSSR count). The summed E-state index contributed by atoms with van der Waals surface area (Å²) in [5.74, 6) is -0.150. The molecule has 0 saturated heterocycles. The van der Waals surface area contributed by atoms with E-state index >= 15 is 0 Å². The normalized spacial score (nSPS) is 15.7. The van der Waals surface area contributed by atoms with E-state index in [0.29, 0.717) is 12.2 Å². The summed E-state index contributed by atoms with van der Waals surface area (Å²) in [6, 6.07) is 10.6. The summed E-state index contributed by atoms with van der Waals surface area (Å²) in [5, 5.41) is 13.7. The van der Waals surface area contributed by atoms with E-state index in [4.69, 9.17) is 0 Å². The zero-order valence-electron chi connectivity index (χ0n) is 16.6. The minimum absolute atomic E-state index is 0.0191. The molecule has 3 N–H and O–H groups in total. The lowest BCUT2D eigenvalue weighted by atomic mass is 9.91. The van der Waals surface area contributed by atoms with Crippen LogP contribution in [0.4, 0.5) is 0 Å². The molecule has 0 fully saturated rings. The fourth-order valence-corrected chi connectivity index (χ4v) is 3.74. The third-order valence-corrected chi connectivity index (χ3v) is 5.18. The van der Waals surface area contributed by atoms with Crippen LogP contribution in [0.5, 0.6) is 0 Å². The number of amides is 2. The van der Waals surface area contributed by atoms with Gasteiger partial charge in [0, 0.05) is 50.9 Å². The average Bonchev–Trinajstić information content (AvgIpc) is 3.07. The number of rotatable bonds is 8. The fraction of sp³-hybridized carbons (Fsp3) is 0.476. The van der Waals surface area contributed by atoms with Crippen molar-refractivity contribution in [3.63, 3.8) is 0 Å². The molecule has 28 heavy (non-hydrogen) atoms. The number of carbonyl (C=O) groups is 2. The molecule has 1 aromatic carbocycles. The Morgan fingerprint density at radius 2 is 2.00 bits per heavy atom. The van der Waals surface area contributed by atoms with Gasteiger partial charge in [-0.2, -0.15) is 5.10 Å². The molecule has 0 aliphatic heterocycles. The van der Waals surface area contributed by atoms with Gasteiger partial charge in [0.05, 0.1) is 0 Å². The smallest absolute Gasteiger partial charge is 0.271 e. The zero-order chi connectivity index (χ0) is 19.9. The molecule has 0 radical (unpaired) electrons. The van der Waals surface area contributed by atoms with Crippen LogP contribution >= 0.6 is 0 Å². The van der Waals surface area contributed by atoms with Crippen molar-refractivity contribution in [2.75, 3.05) is 20.1 Å². The molecule has 0 saturated carbocycles. The molecule has 1 unspecified atom stereocenters. The highest BCUT2D eigenvalue weighted by atomic mass is 16.2. The molecule has 150 valence electrons. The van der Waals surface area contributed by atoms with Crippen LogP contribution in [0.2, 0.25) is 0 Å². The second kappa shape index (κ2) is 9.50. The van der Waals surface area contributed by atoms with Gasteiger partial charge in [0.25, 0.3) is 5.91 Å². The van der Waals surface area contributed by atoms with Gasteiger partial charge in [-0.15, -0.1) is 0 Å². The van der Waals surface area contributed by atoms with Gasteiger partial charge in [-0.3, -0.25) is 14.3 Å². The quantitative estimate of drug-likeness (QED) is 0.595. The molecule has 7 nitrogen and oxygen atoms in total. The number of aryl methyl sites for hydroxylation is 2. The minimum atomic E-state index is -0.131.